The molecule has 0 aliphatic carbocycles. The van der Waals surface area contributed by atoms with Crippen molar-refractivity contribution in [2.24, 2.45) is 0 Å². The molecule has 0 saturated carbocycles. The molecular formula is C11H11F2N3O. The zero-order valence-corrected chi connectivity index (χ0v) is 9.18. The van der Waals surface area contributed by atoms with Gasteiger partial charge in [0.1, 0.15) is 5.69 Å². The molecule has 1 rings (SSSR count). The Kier molecular flexibility index (Phi) is 4.40. The molecule has 90 valence electrons. The van der Waals surface area contributed by atoms with Crippen LogP contribution < -0.4 is 10.6 Å². The number of hydrogen-bond donors (Lipinski definition) is 2. The first-order valence-corrected chi connectivity index (χ1v) is 4.92. The highest BCUT2D eigenvalue weighted by molar-refractivity contribution is 5.72. The van der Waals surface area contributed by atoms with Crippen LogP contribution in [0, 0.1) is 23.0 Å². The maximum atomic E-state index is 13.3. The van der Waals surface area contributed by atoms with Crippen molar-refractivity contribution in [3.05, 3.63) is 29.3 Å². The predicted octanol–water partition coefficient (Wildman–Crippen LogP) is 1.38. The molecule has 0 fully saturated rings. The van der Waals surface area contributed by atoms with Crippen molar-refractivity contribution < 1.29 is 13.6 Å². The van der Waals surface area contributed by atoms with E-state index < -0.39 is 11.6 Å². The number of hydrogen-bond acceptors (Lipinski definition) is 3. The summed E-state index contributed by atoms with van der Waals surface area (Å²) in [7, 11) is 0. The number of rotatable bonds is 4. The van der Waals surface area contributed by atoms with Crippen LogP contribution in [0.25, 0.3) is 0 Å². The summed E-state index contributed by atoms with van der Waals surface area (Å²) in [6, 6.07) is 3.55. The van der Waals surface area contributed by atoms with E-state index in [2.05, 4.69) is 10.6 Å². The first kappa shape index (κ1) is 12.9. The fourth-order valence-corrected chi connectivity index (χ4v) is 1.23. The van der Waals surface area contributed by atoms with Gasteiger partial charge in [-0.2, -0.15) is 5.26 Å². The van der Waals surface area contributed by atoms with Crippen LogP contribution in [0.2, 0.25) is 0 Å². The van der Waals surface area contributed by atoms with E-state index in [4.69, 9.17) is 5.26 Å². The minimum atomic E-state index is -0.829. The zero-order valence-electron chi connectivity index (χ0n) is 9.18. The van der Waals surface area contributed by atoms with Gasteiger partial charge in [0.2, 0.25) is 5.91 Å². The number of benzene rings is 1. The molecule has 0 unspecified atom stereocenters. The zero-order chi connectivity index (χ0) is 12.8. The summed E-state index contributed by atoms with van der Waals surface area (Å²) in [4.78, 5) is 10.5. The van der Waals surface area contributed by atoms with Gasteiger partial charge < -0.3 is 10.6 Å². The summed E-state index contributed by atoms with van der Waals surface area (Å²) in [5.41, 5.74) is -0.373. The molecule has 0 aliphatic rings. The van der Waals surface area contributed by atoms with Crippen LogP contribution in [0.3, 0.4) is 0 Å². The number of carbonyl (C=O) groups excluding carboxylic acids is 1. The van der Waals surface area contributed by atoms with Gasteiger partial charge in [-0.1, -0.05) is 0 Å². The van der Waals surface area contributed by atoms with E-state index in [9.17, 15) is 13.6 Å². The largest absolute Gasteiger partial charge is 0.379 e. The lowest BCUT2D eigenvalue weighted by Gasteiger charge is -2.09. The Hall–Kier alpha value is -2.16. The van der Waals surface area contributed by atoms with Gasteiger partial charge in [-0.05, 0) is 12.1 Å². The second-order valence-corrected chi connectivity index (χ2v) is 3.34. The normalized spacial score (nSPS) is 9.53. The number of nitrogens with zero attached hydrogens (tertiary/aromatic N) is 1. The minimum absolute atomic E-state index is 0.0765. The molecule has 17 heavy (non-hydrogen) atoms. The standard InChI is InChI=1S/C11H11F2N3O/c1-7(17)15-2-3-16-11-9(12)4-8(6-14)5-10(11)13/h4-5,16H,2-3H2,1H3,(H,15,17). The van der Waals surface area contributed by atoms with Crippen molar-refractivity contribution >= 4 is 11.6 Å². The summed E-state index contributed by atoms with van der Waals surface area (Å²) in [5.74, 6) is -1.87. The van der Waals surface area contributed by atoms with Crippen LogP contribution >= 0.6 is 0 Å². The quantitative estimate of drug-likeness (QED) is 0.780. The van der Waals surface area contributed by atoms with Crippen LogP contribution in [-0.4, -0.2) is 19.0 Å². The molecule has 1 aromatic carbocycles. The number of anilines is 1. The molecule has 1 aromatic rings. The van der Waals surface area contributed by atoms with Crippen LogP contribution in [0.5, 0.6) is 0 Å². The highest BCUT2D eigenvalue weighted by Crippen LogP contribution is 2.19. The van der Waals surface area contributed by atoms with E-state index in [1.54, 1.807) is 6.07 Å². The number of nitrogens with one attached hydrogen (secondary N) is 2. The lowest BCUT2D eigenvalue weighted by molar-refractivity contribution is -0.118. The monoisotopic (exact) mass is 239 g/mol. The molecular weight excluding hydrogens is 228 g/mol. The predicted molar refractivity (Wildman–Crippen MR) is 58.2 cm³/mol. The Morgan fingerprint density at radius 2 is 1.94 bits per heavy atom. The summed E-state index contributed by atoms with van der Waals surface area (Å²) in [5, 5.41) is 13.5. The Morgan fingerprint density at radius 1 is 1.35 bits per heavy atom. The maximum Gasteiger partial charge on any atom is 0.216 e. The summed E-state index contributed by atoms with van der Waals surface area (Å²) in [6.07, 6.45) is 0. The third-order valence-corrected chi connectivity index (χ3v) is 1.97. The van der Waals surface area contributed by atoms with Gasteiger partial charge in [-0.25, -0.2) is 8.78 Å². The number of halogens is 2. The lowest BCUT2D eigenvalue weighted by Crippen LogP contribution is -2.26. The molecule has 4 nitrogen and oxygen atoms in total. The number of carbonyl (C=O) groups is 1. The van der Waals surface area contributed by atoms with Crippen LogP contribution in [0.15, 0.2) is 12.1 Å². The second kappa shape index (κ2) is 5.80. The molecule has 6 heteroatoms. The van der Waals surface area contributed by atoms with Gasteiger partial charge in [-0.3, -0.25) is 4.79 Å². The molecule has 0 aromatic heterocycles. The van der Waals surface area contributed by atoms with Gasteiger partial charge in [0.25, 0.3) is 0 Å². The van der Waals surface area contributed by atoms with Crippen molar-refractivity contribution in [1.82, 2.24) is 5.32 Å². The Bertz CT molecular complexity index is 445. The molecule has 1 amide bonds. The number of amides is 1. The smallest absolute Gasteiger partial charge is 0.216 e. The topological polar surface area (TPSA) is 64.9 Å². The van der Waals surface area contributed by atoms with E-state index >= 15 is 0 Å². The van der Waals surface area contributed by atoms with Gasteiger partial charge >= 0.3 is 0 Å². The minimum Gasteiger partial charge on any atom is -0.379 e. The Morgan fingerprint density at radius 3 is 2.41 bits per heavy atom. The fraction of sp³-hybridized carbons (Fsp3) is 0.273. The fourth-order valence-electron chi connectivity index (χ4n) is 1.23. The average molecular weight is 239 g/mol. The summed E-state index contributed by atoms with van der Waals surface area (Å²) in [6.45, 7) is 1.80. The molecule has 0 saturated heterocycles. The van der Waals surface area contributed by atoms with Crippen LogP contribution in [-0.2, 0) is 4.79 Å². The maximum absolute atomic E-state index is 13.3. The van der Waals surface area contributed by atoms with Crippen molar-refractivity contribution in [3.63, 3.8) is 0 Å². The Balaban J connectivity index is 2.66. The highest BCUT2D eigenvalue weighted by Gasteiger charge is 2.10. The summed E-state index contributed by atoms with van der Waals surface area (Å²) < 4.78 is 26.7. The van der Waals surface area contributed by atoms with Crippen LogP contribution in [0.4, 0.5) is 14.5 Å². The Labute approximate surface area is 97.2 Å². The van der Waals surface area contributed by atoms with Crippen molar-refractivity contribution in [2.75, 3.05) is 18.4 Å². The molecule has 0 atom stereocenters. The van der Waals surface area contributed by atoms with Gasteiger partial charge in [0, 0.05) is 20.0 Å². The third kappa shape index (κ3) is 3.72. The van der Waals surface area contributed by atoms with Gasteiger partial charge in [-0.15, -0.1) is 0 Å². The SMILES string of the molecule is CC(=O)NCCNc1c(F)cc(C#N)cc1F. The van der Waals surface area contributed by atoms with E-state index in [0.29, 0.717) is 0 Å². The van der Waals surface area contributed by atoms with E-state index in [1.165, 1.54) is 6.92 Å². The van der Waals surface area contributed by atoms with E-state index in [1.807, 2.05) is 0 Å². The first-order chi connectivity index (χ1) is 8.04. The lowest BCUT2D eigenvalue weighted by atomic mass is 10.2. The molecule has 2 N–H and O–H groups in total. The van der Waals surface area contributed by atoms with Crippen LogP contribution in [0.1, 0.15) is 12.5 Å². The number of nitriles is 1. The average Bonchev–Trinajstić information content (AvgIpc) is 2.26. The third-order valence-electron chi connectivity index (χ3n) is 1.97. The van der Waals surface area contributed by atoms with E-state index in [-0.39, 0.29) is 30.2 Å². The van der Waals surface area contributed by atoms with Crippen molar-refractivity contribution in [1.29, 1.82) is 5.26 Å². The highest BCUT2D eigenvalue weighted by atomic mass is 19.1. The van der Waals surface area contributed by atoms with Crippen molar-refractivity contribution in [3.8, 4) is 6.07 Å². The van der Waals surface area contributed by atoms with Gasteiger partial charge in [0.05, 0.1) is 11.6 Å². The van der Waals surface area contributed by atoms with Gasteiger partial charge in [0.15, 0.2) is 11.6 Å². The molecule has 0 aliphatic heterocycles. The molecule has 0 radical (unpaired) electrons. The van der Waals surface area contributed by atoms with Crippen molar-refractivity contribution in [2.45, 2.75) is 6.92 Å². The summed E-state index contributed by atoms with van der Waals surface area (Å²) >= 11 is 0. The second-order valence-electron chi connectivity index (χ2n) is 3.34. The molecule has 0 bridgehead atoms. The first-order valence-electron chi connectivity index (χ1n) is 4.92. The molecule has 0 heterocycles. The molecule has 0 spiro atoms. The van der Waals surface area contributed by atoms with E-state index in [0.717, 1.165) is 12.1 Å².